The molecule has 5 nitrogen and oxygen atoms in total. The summed E-state index contributed by atoms with van der Waals surface area (Å²) in [6.45, 7) is 1.92. The molecule has 132 valence electrons. The van der Waals surface area contributed by atoms with Crippen LogP contribution in [0.2, 0.25) is 5.02 Å². The van der Waals surface area contributed by atoms with Crippen LogP contribution in [0.3, 0.4) is 0 Å². The number of carbonyl (C=O) groups is 1. The first-order valence-corrected chi connectivity index (χ1v) is 8.51. The van der Waals surface area contributed by atoms with Crippen molar-refractivity contribution in [2.45, 2.75) is 32.4 Å². The lowest BCUT2D eigenvalue weighted by atomic mass is 10.1. The number of nitrogens with zero attached hydrogens (tertiary/aromatic N) is 4. The Balaban J connectivity index is 1.90. The van der Waals surface area contributed by atoms with Gasteiger partial charge < -0.3 is 9.80 Å². The number of halogens is 2. The minimum absolute atomic E-state index is 0.107. The van der Waals surface area contributed by atoms with E-state index in [4.69, 9.17) is 11.6 Å². The van der Waals surface area contributed by atoms with Crippen LogP contribution < -0.4 is 4.90 Å². The molecule has 0 unspecified atom stereocenters. The Labute approximate surface area is 151 Å². The highest BCUT2D eigenvalue weighted by atomic mass is 35.5. The first kappa shape index (κ1) is 17.6. The average molecular weight is 363 g/mol. The number of benzene rings is 1. The van der Waals surface area contributed by atoms with E-state index in [0.717, 1.165) is 12.8 Å². The minimum Gasteiger partial charge on any atom is -0.347 e. The molecule has 1 aromatic heterocycles. The number of rotatable bonds is 5. The second-order valence-corrected chi connectivity index (χ2v) is 6.84. The van der Waals surface area contributed by atoms with Gasteiger partial charge in [0.2, 0.25) is 5.95 Å². The second-order valence-electron chi connectivity index (χ2n) is 6.43. The van der Waals surface area contributed by atoms with Crippen molar-refractivity contribution in [1.82, 2.24) is 14.9 Å². The molecule has 2 aromatic rings. The van der Waals surface area contributed by atoms with E-state index >= 15 is 0 Å². The third-order valence-electron chi connectivity index (χ3n) is 4.24. The molecule has 1 heterocycles. The largest absolute Gasteiger partial charge is 0.347 e. The number of hydrogen-bond acceptors (Lipinski definition) is 4. The Morgan fingerprint density at radius 3 is 2.64 bits per heavy atom. The van der Waals surface area contributed by atoms with Crippen LogP contribution in [0.25, 0.3) is 0 Å². The summed E-state index contributed by atoms with van der Waals surface area (Å²) in [5.41, 5.74) is 1.38. The number of aromatic nitrogens is 2. The van der Waals surface area contributed by atoms with Crippen molar-refractivity contribution in [3.05, 3.63) is 52.1 Å². The maximum atomic E-state index is 14.1. The molecule has 25 heavy (non-hydrogen) atoms. The lowest BCUT2D eigenvalue weighted by Gasteiger charge is -2.24. The van der Waals surface area contributed by atoms with Crippen LogP contribution in [0.4, 0.5) is 10.3 Å². The van der Waals surface area contributed by atoms with E-state index in [1.807, 2.05) is 14.1 Å². The van der Waals surface area contributed by atoms with E-state index in [0.29, 0.717) is 27.8 Å². The molecule has 1 saturated carbocycles. The van der Waals surface area contributed by atoms with Gasteiger partial charge in [0.05, 0.1) is 17.8 Å². The lowest BCUT2D eigenvalue weighted by Crippen LogP contribution is -2.34. The average Bonchev–Trinajstić information content (AvgIpc) is 3.38. The fourth-order valence-electron chi connectivity index (χ4n) is 2.64. The van der Waals surface area contributed by atoms with E-state index in [1.54, 1.807) is 35.1 Å². The maximum absolute atomic E-state index is 14.1. The lowest BCUT2D eigenvalue weighted by molar-refractivity contribution is 0.0726. The molecule has 0 N–H and O–H groups in total. The van der Waals surface area contributed by atoms with Crippen molar-refractivity contribution >= 4 is 23.5 Å². The summed E-state index contributed by atoms with van der Waals surface area (Å²) < 4.78 is 14.1. The van der Waals surface area contributed by atoms with Crippen molar-refractivity contribution in [3.8, 4) is 0 Å². The topological polar surface area (TPSA) is 49.3 Å². The van der Waals surface area contributed by atoms with Gasteiger partial charge >= 0.3 is 0 Å². The summed E-state index contributed by atoms with van der Waals surface area (Å²) in [5.74, 6) is -0.0457. The zero-order chi connectivity index (χ0) is 18.1. The van der Waals surface area contributed by atoms with Gasteiger partial charge in [0.1, 0.15) is 5.82 Å². The standard InChI is InChI=1S/C18H20ClFN4O/c1-11-13(9-21-18(22-11)23(2)3)17(25)24(12-7-8-12)10-14-15(19)5-4-6-16(14)20/h4-6,9,12H,7-8,10H2,1-3H3. The molecule has 3 rings (SSSR count). The van der Waals surface area contributed by atoms with E-state index in [-0.39, 0.29) is 18.5 Å². The normalized spacial score (nSPS) is 13.6. The summed E-state index contributed by atoms with van der Waals surface area (Å²) in [6.07, 6.45) is 3.36. The molecule has 7 heteroatoms. The first-order chi connectivity index (χ1) is 11.9. The van der Waals surface area contributed by atoms with Crippen molar-refractivity contribution in [2.24, 2.45) is 0 Å². The van der Waals surface area contributed by atoms with Gasteiger partial charge in [0, 0.05) is 36.9 Å². The van der Waals surface area contributed by atoms with Crippen LogP contribution in [-0.4, -0.2) is 40.9 Å². The number of hydrogen-bond donors (Lipinski definition) is 0. The fourth-order valence-corrected chi connectivity index (χ4v) is 2.86. The monoisotopic (exact) mass is 362 g/mol. The third-order valence-corrected chi connectivity index (χ3v) is 4.59. The van der Waals surface area contributed by atoms with E-state index < -0.39 is 5.82 Å². The van der Waals surface area contributed by atoms with Gasteiger partial charge in [-0.3, -0.25) is 4.79 Å². The van der Waals surface area contributed by atoms with Crippen LogP contribution >= 0.6 is 11.6 Å². The maximum Gasteiger partial charge on any atom is 0.257 e. The predicted molar refractivity (Wildman–Crippen MR) is 95.4 cm³/mol. The van der Waals surface area contributed by atoms with Gasteiger partial charge in [-0.1, -0.05) is 17.7 Å². The van der Waals surface area contributed by atoms with Gasteiger partial charge in [-0.05, 0) is 31.9 Å². The van der Waals surface area contributed by atoms with Gasteiger partial charge in [-0.2, -0.15) is 0 Å². The van der Waals surface area contributed by atoms with Crippen LogP contribution in [0.1, 0.15) is 34.5 Å². The van der Waals surface area contributed by atoms with Crippen LogP contribution in [0.5, 0.6) is 0 Å². The zero-order valence-corrected chi connectivity index (χ0v) is 15.2. The molecule has 0 radical (unpaired) electrons. The Morgan fingerprint density at radius 2 is 2.08 bits per heavy atom. The molecule has 0 spiro atoms. The first-order valence-electron chi connectivity index (χ1n) is 8.13. The highest BCUT2D eigenvalue weighted by Gasteiger charge is 2.35. The zero-order valence-electron chi connectivity index (χ0n) is 14.5. The molecular weight excluding hydrogens is 343 g/mol. The number of amides is 1. The molecule has 1 aliphatic carbocycles. The number of anilines is 1. The summed E-state index contributed by atoms with van der Waals surface area (Å²) in [4.78, 5) is 25.1. The molecule has 1 amide bonds. The van der Waals surface area contributed by atoms with Crippen molar-refractivity contribution < 1.29 is 9.18 Å². The summed E-state index contributed by atoms with van der Waals surface area (Å²) in [6, 6.07) is 4.66. The molecular formula is C18H20ClFN4O. The van der Waals surface area contributed by atoms with Gasteiger partial charge in [-0.25, -0.2) is 14.4 Å². The Kier molecular flexibility index (Phi) is 4.90. The van der Waals surface area contributed by atoms with E-state index in [2.05, 4.69) is 9.97 Å². The predicted octanol–water partition coefficient (Wildman–Crippen LogP) is 3.45. The Bertz CT molecular complexity index is 787. The molecule has 1 aromatic carbocycles. The molecule has 0 bridgehead atoms. The number of aryl methyl sites for hydroxylation is 1. The highest BCUT2D eigenvalue weighted by molar-refractivity contribution is 6.31. The Morgan fingerprint density at radius 1 is 1.36 bits per heavy atom. The highest BCUT2D eigenvalue weighted by Crippen LogP contribution is 2.32. The minimum atomic E-state index is -0.401. The van der Waals surface area contributed by atoms with Crippen molar-refractivity contribution in [3.63, 3.8) is 0 Å². The summed E-state index contributed by atoms with van der Waals surface area (Å²) in [5, 5.41) is 0.328. The van der Waals surface area contributed by atoms with Gasteiger partial charge in [0.25, 0.3) is 5.91 Å². The van der Waals surface area contributed by atoms with Crippen LogP contribution in [0, 0.1) is 12.7 Å². The van der Waals surface area contributed by atoms with Crippen LogP contribution in [-0.2, 0) is 6.54 Å². The van der Waals surface area contributed by atoms with Gasteiger partial charge in [-0.15, -0.1) is 0 Å². The Hall–Kier alpha value is -2.21. The van der Waals surface area contributed by atoms with Crippen molar-refractivity contribution in [1.29, 1.82) is 0 Å². The fraction of sp³-hybridized carbons (Fsp3) is 0.389. The molecule has 0 saturated heterocycles. The molecule has 0 atom stereocenters. The van der Waals surface area contributed by atoms with Gasteiger partial charge in [0.15, 0.2) is 0 Å². The molecule has 1 fully saturated rings. The van der Waals surface area contributed by atoms with Crippen LogP contribution in [0.15, 0.2) is 24.4 Å². The van der Waals surface area contributed by atoms with E-state index in [9.17, 15) is 9.18 Å². The molecule has 1 aliphatic rings. The summed E-state index contributed by atoms with van der Waals surface area (Å²) in [7, 11) is 3.68. The third kappa shape index (κ3) is 3.74. The smallest absolute Gasteiger partial charge is 0.257 e. The SMILES string of the molecule is Cc1nc(N(C)C)ncc1C(=O)N(Cc1c(F)cccc1Cl)C1CC1. The molecule has 0 aliphatic heterocycles. The summed E-state index contributed by atoms with van der Waals surface area (Å²) >= 11 is 6.13. The second kappa shape index (κ2) is 6.96. The van der Waals surface area contributed by atoms with Crippen molar-refractivity contribution in [2.75, 3.05) is 19.0 Å². The van der Waals surface area contributed by atoms with E-state index in [1.165, 1.54) is 6.07 Å². The quantitative estimate of drug-likeness (QED) is 0.817. The number of carbonyl (C=O) groups excluding carboxylic acids is 1.